The predicted molar refractivity (Wildman–Crippen MR) is 93.3 cm³/mol. The number of hydrogen-bond donors (Lipinski definition) is 1. The molecule has 0 saturated carbocycles. The number of H-pyrrole nitrogens is 1. The number of halogens is 2. The Balaban J connectivity index is 1.75. The van der Waals surface area contributed by atoms with E-state index in [-0.39, 0.29) is 5.56 Å². The minimum atomic E-state index is -0.399. The van der Waals surface area contributed by atoms with Crippen LogP contribution < -0.4 is 5.56 Å². The van der Waals surface area contributed by atoms with Crippen LogP contribution in [0.5, 0.6) is 0 Å². The molecule has 3 heterocycles. The summed E-state index contributed by atoms with van der Waals surface area (Å²) < 4.78 is 14.5. The van der Waals surface area contributed by atoms with Gasteiger partial charge in [-0.1, -0.05) is 17.7 Å². The first kappa shape index (κ1) is 15.5. The predicted octanol–water partition coefficient (Wildman–Crippen LogP) is 3.47. The van der Waals surface area contributed by atoms with Crippen LogP contribution in [0.3, 0.4) is 0 Å². The topological polar surface area (TPSA) is 63.0 Å². The molecule has 1 N–H and O–H groups in total. The largest absolute Gasteiger partial charge is 0.289 e. The molecule has 3 aromatic heterocycles. The number of aromatic amines is 1. The fourth-order valence-electron chi connectivity index (χ4n) is 2.66. The lowest BCUT2D eigenvalue weighted by atomic mass is 10.1. The van der Waals surface area contributed by atoms with E-state index in [2.05, 4.69) is 15.1 Å². The summed E-state index contributed by atoms with van der Waals surface area (Å²) in [6, 6.07) is 11.1. The van der Waals surface area contributed by atoms with Crippen LogP contribution >= 0.6 is 11.6 Å². The van der Waals surface area contributed by atoms with Crippen LogP contribution in [0.4, 0.5) is 4.39 Å². The zero-order valence-corrected chi connectivity index (χ0v) is 13.7. The van der Waals surface area contributed by atoms with Crippen molar-refractivity contribution in [2.45, 2.75) is 6.42 Å². The van der Waals surface area contributed by atoms with Gasteiger partial charge in [-0.2, -0.15) is 0 Å². The Morgan fingerprint density at radius 1 is 1.20 bits per heavy atom. The van der Waals surface area contributed by atoms with Crippen molar-refractivity contribution in [3.8, 4) is 11.3 Å². The molecular formula is C18H12ClFN4O. The van der Waals surface area contributed by atoms with E-state index in [0.717, 1.165) is 11.3 Å². The highest BCUT2D eigenvalue weighted by atomic mass is 35.5. The number of hydrogen-bond acceptors (Lipinski definition) is 3. The first-order chi connectivity index (χ1) is 12.1. The van der Waals surface area contributed by atoms with Crippen molar-refractivity contribution in [1.82, 2.24) is 19.6 Å². The highest BCUT2D eigenvalue weighted by Gasteiger charge is 2.10. The molecule has 0 saturated heterocycles. The molecule has 0 spiro atoms. The number of aromatic nitrogens is 4. The maximum atomic E-state index is 13.2. The fourth-order valence-corrected chi connectivity index (χ4v) is 2.90. The van der Waals surface area contributed by atoms with Crippen LogP contribution in [0.1, 0.15) is 11.3 Å². The van der Waals surface area contributed by atoms with Crippen molar-refractivity contribution in [1.29, 1.82) is 0 Å². The third-order valence-corrected chi connectivity index (χ3v) is 4.21. The standard InChI is InChI=1S/C18H12ClFN4O/c19-15-7-13(20)4-3-11(15)6-14-8-18(25)24-17(22-14)9-16(23-24)12-2-1-5-21-10-12/h1-5,7-10,23H,6H2. The molecule has 0 aliphatic rings. The normalized spacial score (nSPS) is 11.1. The summed E-state index contributed by atoms with van der Waals surface area (Å²) in [5.41, 5.74) is 3.15. The second kappa shape index (κ2) is 6.14. The molecule has 0 fully saturated rings. The van der Waals surface area contributed by atoms with Crippen molar-refractivity contribution < 1.29 is 4.39 Å². The van der Waals surface area contributed by atoms with Crippen molar-refractivity contribution in [2.24, 2.45) is 0 Å². The molecule has 124 valence electrons. The van der Waals surface area contributed by atoms with Gasteiger partial charge >= 0.3 is 0 Å². The molecule has 4 aromatic rings. The van der Waals surface area contributed by atoms with Gasteiger partial charge in [0.05, 0.1) is 11.4 Å². The molecule has 7 heteroatoms. The summed E-state index contributed by atoms with van der Waals surface area (Å²) in [4.78, 5) is 20.9. The van der Waals surface area contributed by atoms with Gasteiger partial charge in [-0.05, 0) is 29.8 Å². The smallest absolute Gasteiger partial charge is 0.272 e. The monoisotopic (exact) mass is 354 g/mol. The van der Waals surface area contributed by atoms with Crippen molar-refractivity contribution in [3.63, 3.8) is 0 Å². The number of nitrogens with zero attached hydrogens (tertiary/aromatic N) is 3. The van der Waals surface area contributed by atoms with Gasteiger partial charge in [0, 0.05) is 41.5 Å². The molecule has 0 aliphatic carbocycles. The number of rotatable bonds is 3. The fraction of sp³-hybridized carbons (Fsp3) is 0.0556. The van der Waals surface area contributed by atoms with E-state index < -0.39 is 5.82 Å². The Bertz CT molecular complexity index is 1120. The molecule has 0 bridgehead atoms. The lowest BCUT2D eigenvalue weighted by molar-refractivity contribution is 0.627. The maximum absolute atomic E-state index is 13.2. The third kappa shape index (κ3) is 3.04. The van der Waals surface area contributed by atoms with Gasteiger partial charge in [-0.15, -0.1) is 0 Å². The molecule has 0 unspecified atom stereocenters. The molecule has 25 heavy (non-hydrogen) atoms. The van der Waals surface area contributed by atoms with E-state index in [4.69, 9.17) is 11.6 Å². The van der Waals surface area contributed by atoms with Crippen LogP contribution in [0.25, 0.3) is 16.9 Å². The Morgan fingerprint density at radius 3 is 2.84 bits per heavy atom. The quantitative estimate of drug-likeness (QED) is 0.612. The Kier molecular flexibility index (Phi) is 3.82. The van der Waals surface area contributed by atoms with Gasteiger partial charge in [0.15, 0.2) is 5.65 Å². The van der Waals surface area contributed by atoms with E-state index in [1.807, 2.05) is 12.1 Å². The van der Waals surface area contributed by atoms with Gasteiger partial charge in [-0.25, -0.2) is 13.9 Å². The molecule has 1 aromatic carbocycles. The summed E-state index contributed by atoms with van der Waals surface area (Å²) in [5, 5.41) is 3.33. The SMILES string of the molecule is O=c1cc(Cc2ccc(F)cc2Cl)nc2cc(-c3cccnc3)[nH]n12. The molecule has 0 aliphatic heterocycles. The lowest BCUT2D eigenvalue weighted by Gasteiger charge is -2.04. The summed E-state index contributed by atoms with van der Waals surface area (Å²) in [6.07, 6.45) is 3.73. The summed E-state index contributed by atoms with van der Waals surface area (Å²) in [5.74, 6) is -0.399. The first-order valence-electron chi connectivity index (χ1n) is 7.56. The zero-order chi connectivity index (χ0) is 17.4. The summed E-state index contributed by atoms with van der Waals surface area (Å²) in [7, 11) is 0. The molecule has 5 nitrogen and oxygen atoms in total. The zero-order valence-electron chi connectivity index (χ0n) is 12.9. The van der Waals surface area contributed by atoms with E-state index >= 15 is 0 Å². The average molecular weight is 355 g/mol. The molecule has 4 rings (SSSR count). The van der Waals surface area contributed by atoms with Crippen LogP contribution in [0, 0.1) is 5.82 Å². The Morgan fingerprint density at radius 2 is 2.08 bits per heavy atom. The van der Waals surface area contributed by atoms with Gasteiger partial charge in [0.1, 0.15) is 5.82 Å². The molecule has 0 atom stereocenters. The van der Waals surface area contributed by atoms with Crippen molar-refractivity contribution in [2.75, 3.05) is 0 Å². The highest BCUT2D eigenvalue weighted by Crippen LogP contribution is 2.21. The summed E-state index contributed by atoms with van der Waals surface area (Å²) in [6.45, 7) is 0. The third-order valence-electron chi connectivity index (χ3n) is 3.86. The van der Waals surface area contributed by atoms with Gasteiger partial charge in [0.25, 0.3) is 5.56 Å². The van der Waals surface area contributed by atoms with Crippen molar-refractivity contribution >= 4 is 17.2 Å². The maximum Gasteiger partial charge on any atom is 0.272 e. The van der Waals surface area contributed by atoms with E-state index in [1.165, 1.54) is 22.7 Å². The lowest BCUT2D eigenvalue weighted by Crippen LogP contribution is -2.15. The molecule has 0 radical (unpaired) electrons. The highest BCUT2D eigenvalue weighted by molar-refractivity contribution is 6.31. The summed E-state index contributed by atoms with van der Waals surface area (Å²) >= 11 is 6.06. The minimum Gasteiger partial charge on any atom is -0.289 e. The molecule has 0 amide bonds. The van der Waals surface area contributed by atoms with Crippen molar-refractivity contribution in [3.05, 3.63) is 87.3 Å². The van der Waals surface area contributed by atoms with E-state index in [1.54, 1.807) is 24.5 Å². The minimum absolute atomic E-state index is 0.228. The Labute approximate surface area is 146 Å². The second-order valence-electron chi connectivity index (χ2n) is 5.60. The number of nitrogens with one attached hydrogen (secondary N) is 1. The number of fused-ring (bicyclic) bond motifs is 1. The number of benzene rings is 1. The van der Waals surface area contributed by atoms with Crippen LogP contribution in [0.2, 0.25) is 5.02 Å². The van der Waals surface area contributed by atoms with Crippen LogP contribution in [-0.4, -0.2) is 19.6 Å². The second-order valence-corrected chi connectivity index (χ2v) is 6.01. The van der Waals surface area contributed by atoms with E-state index in [0.29, 0.717) is 28.3 Å². The average Bonchev–Trinajstić information content (AvgIpc) is 3.03. The van der Waals surface area contributed by atoms with Gasteiger partial charge in [0.2, 0.25) is 0 Å². The van der Waals surface area contributed by atoms with Gasteiger partial charge in [-0.3, -0.25) is 14.9 Å². The van der Waals surface area contributed by atoms with Crippen LogP contribution in [0.15, 0.2) is 59.7 Å². The Hall–Kier alpha value is -2.99. The first-order valence-corrected chi connectivity index (χ1v) is 7.94. The van der Waals surface area contributed by atoms with Crippen LogP contribution in [-0.2, 0) is 6.42 Å². The number of pyridine rings is 1. The van der Waals surface area contributed by atoms with E-state index in [9.17, 15) is 9.18 Å². The molecular weight excluding hydrogens is 343 g/mol. The van der Waals surface area contributed by atoms with Gasteiger partial charge < -0.3 is 0 Å².